The first-order chi connectivity index (χ1) is 10.1. The number of para-hydroxylation sites is 1. The van der Waals surface area contributed by atoms with E-state index in [0.717, 1.165) is 28.9 Å². The largest absolute Gasteiger partial charge is 0.488 e. The molecule has 0 radical (unpaired) electrons. The Balaban J connectivity index is 2.13. The van der Waals surface area contributed by atoms with E-state index in [-0.39, 0.29) is 6.04 Å². The van der Waals surface area contributed by atoms with Crippen LogP contribution in [0.3, 0.4) is 0 Å². The Morgan fingerprint density at radius 1 is 1.19 bits per heavy atom. The molecule has 1 atom stereocenters. The van der Waals surface area contributed by atoms with Gasteiger partial charge in [-0.05, 0) is 49.1 Å². The summed E-state index contributed by atoms with van der Waals surface area (Å²) in [7, 11) is 0. The van der Waals surface area contributed by atoms with Gasteiger partial charge >= 0.3 is 0 Å². The number of nitriles is 1. The Morgan fingerprint density at radius 2 is 1.90 bits per heavy atom. The summed E-state index contributed by atoms with van der Waals surface area (Å²) in [6.07, 6.45) is 0.796. The Labute approximate surface area is 126 Å². The van der Waals surface area contributed by atoms with E-state index in [9.17, 15) is 0 Å². The molecule has 2 aromatic carbocycles. The number of aryl methyl sites for hydroxylation is 1. The molecule has 0 bridgehead atoms. The highest BCUT2D eigenvalue weighted by Crippen LogP contribution is 2.25. The lowest BCUT2D eigenvalue weighted by molar-refractivity contribution is 0.300. The van der Waals surface area contributed by atoms with Crippen LogP contribution in [0.5, 0.6) is 5.75 Å². The lowest BCUT2D eigenvalue weighted by Gasteiger charge is -2.15. The van der Waals surface area contributed by atoms with Crippen LogP contribution in [0, 0.1) is 18.3 Å². The molecule has 3 nitrogen and oxygen atoms in total. The zero-order chi connectivity index (χ0) is 15.2. The van der Waals surface area contributed by atoms with Crippen LogP contribution < -0.4 is 10.5 Å². The van der Waals surface area contributed by atoms with E-state index < -0.39 is 0 Å². The predicted octanol–water partition coefficient (Wildman–Crippen LogP) is 3.34. The number of benzene rings is 2. The molecule has 0 saturated heterocycles. The minimum atomic E-state index is 0.101. The molecule has 0 amide bonds. The van der Waals surface area contributed by atoms with Crippen molar-refractivity contribution in [2.75, 3.05) is 0 Å². The summed E-state index contributed by atoms with van der Waals surface area (Å²) in [4.78, 5) is 0. The molecule has 0 aromatic heterocycles. The van der Waals surface area contributed by atoms with Gasteiger partial charge in [0.25, 0.3) is 0 Å². The first-order valence-electron chi connectivity index (χ1n) is 7.06. The number of nitrogens with zero attached hydrogens (tertiary/aromatic N) is 1. The summed E-state index contributed by atoms with van der Waals surface area (Å²) in [6.45, 7) is 4.52. The maximum Gasteiger partial charge on any atom is 0.125 e. The number of hydrogen-bond donors (Lipinski definition) is 1. The molecule has 108 valence electrons. The van der Waals surface area contributed by atoms with E-state index >= 15 is 0 Å². The average molecular weight is 280 g/mol. The van der Waals surface area contributed by atoms with Gasteiger partial charge < -0.3 is 10.5 Å². The maximum absolute atomic E-state index is 8.80. The van der Waals surface area contributed by atoms with Gasteiger partial charge in [0, 0.05) is 6.04 Å². The van der Waals surface area contributed by atoms with Gasteiger partial charge in [0.05, 0.1) is 11.6 Å². The smallest absolute Gasteiger partial charge is 0.125 e. The summed E-state index contributed by atoms with van der Waals surface area (Å²) in [6, 6.07) is 15.8. The Hall–Kier alpha value is -2.31. The second kappa shape index (κ2) is 6.92. The van der Waals surface area contributed by atoms with E-state index in [1.165, 1.54) is 0 Å². The van der Waals surface area contributed by atoms with Gasteiger partial charge in [-0.2, -0.15) is 5.26 Å². The SMILES string of the molecule is Cc1cccc(CC(C)N)c1OCc1ccc(C#N)cc1. The van der Waals surface area contributed by atoms with E-state index in [2.05, 4.69) is 12.1 Å². The first-order valence-corrected chi connectivity index (χ1v) is 7.06. The molecule has 0 aliphatic carbocycles. The number of nitrogens with two attached hydrogens (primary N) is 1. The minimum absolute atomic E-state index is 0.101. The summed E-state index contributed by atoms with van der Waals surface area (Å²) >= 11 is 0. The van der Waals surface area contributed by atoms with Gasteiger partial charge in [-0.25, -0.2) is 0 Å². The molecule has 0 fully saturated rings. The quantitative estimate of drug-likeness (QED) is 0.913. The highest BCUT2D eigenvalue weighted by molar-refractivity contribution is 5.41. The fraction of sp³-hybridized carbons (Fsp3) is 0.278. The number of ether oxygens (including phenoxy) is 1. The molecule has 1 unspecified atom stereocenters. The van der Waals surface area contributed by atoms with Crippen LogP contribution in [0.1, 0.15) is 29.2 Å². The summed E-state index contributed by atoms with van der Waals surface area (Å²) in [5, 5.41) is 8.80. The van der Waals surface area contributed by atoms with Crippen molar-refractivity contribution in [2.24, 2.45) is 5.73 Å². The lowest BCUT2D eigenvalue weighted by atomic mass is 10.0. The second-order valence-electron chi connectivity index (χ2n) is 5.34. The zero-order valence-corrected chi connectivity index (χ0v) is 12.5. The second-order valence-corrected chi connectivity index (χ2v) is 5.34. The third-order valence-corrected chi connectivity index (χ3v) is 3.30. The lowest BCUT2D eigenvalue weighted by Crippen LogP contribution is -2.18. The zero-order valence-electron chi connectivity index (χ0n) is 12.5. The molecule has 2 rings (SSSR count). The summed E-state index contributed by atoms with van der Waals surface area (Å²) < 4.78 is 5.99. The summed E-state index contributed by atoms with van der Waals surface area (Å²) in [5.74, 6) is 0.916. The van der Waals surface area contributed by atoms with Crippen LogP contribution in [0.25, 0.3) is 0 Å². The fourth-order valence-electron chi connectivity index (χ4n) is 2.26. The normalized spacial score (nSPS) is 11.7. The third kappa shape index (κ3) is 4.08. The van der Waals surface area contributed by atoms with Gasteiger partial charge in [-0.3, -0.25) is 0 Å². The van der Waals surface area contributed by atoms with Gasteiger partial charge in [0.2, 0.25) is 0 Å². The highest BCUT2D eigenvalue weighted by atomic mass is 16.5. The molecule has 2 N–H and O–H groups in total. The first kappa shape index (κ1) is 15.1. The van der Waals surface area contributed by atoms with Gasteiger partial charge in [0.15, 0.2) is 0 Å². The van der Waals surface area contributed by atoms with Crippen LogP contribution in [-0.4, -0.2) is 6.04 Å². The Morgan fingerprint density at radius 3 is 2.52 bits per heavy atom. The van der Waals surface area contributed by atoms with E-state index in [4.69, 9.17) is 15.7 Å². The maximum atomic E-state index is 8.80. The monoisotopic (exact) mass is 280 g/mol. The van der Waals surface area contributed by atoms with Crippen LogP contribution in [0.4, 0.5) is 0 Å². The third-order valence-electron chi connectivity index (χ3n) is 3.30. The molecular weight excluding hydrogens is 260 g/mol. The van der Waals surface area contributed by atoms with Crippen molar-refractivity contribution in [3.05, 3.63) is 64.7 Å². The molecule has 0 saturated carbocycles. The molecule has 0 spiro atoms. The van der Waals surface area contributed by atoms with E-state index in [1.54, 1.807) is 12.1 Å². The molecule has 21 heavy (non-hydrogen) atoms. The summed E-state index contributed by atoms with van der Waals surface area (Å²) in [5.41, 5.74) is 9.85. The van der Waals surface area contributed by atoms with Crippen molar-refractivity contribution < 1.29 is 4.74 Å². The Kier molecular flexibility index (Phi) is 4.97. The van der Waals surface area contributed by atoms with Crippen LogP contribution in [0.15, 0.2) is 42.5 Å². The van der Waals surface area contributed by atoms with Crippen LogP contribution in [0.2, 0.25) is 0 Å². The van der Waals surface area contributed by atoms with Crippen molar-refractivity contribution >= 4 is 0 Å². The average Bonchev–Trinajstić information content (AvgIpc) is 2.46. The van der Waals surface area contributed by atoms with Gasteiger partial charge in [0.1, 0.15) is 12.4 Å². The fourth-order valence-corrected chi connectivity index (χ4v) is 2.26. The van der Waals surface area contributed by atoms with Gasteiger partial charge in [-0.15, -0.1) is 0 Å². The molecular formula is C18H20N2O. The minimum Gasteiger partial charge on any atom is -0.488 e. The van der Waals surface area contributed by atoms with Crippen molar-refractivity contribution in [1.82, 2.24) is 0 Å². The standard InChI is InChI=1S/C18H20N2O/c1-13-4-3-5-17(10-14(2)20)18(13)21-12-16-8-6-15(11-19)7-9-16/h3-9,14H,10,12,20H2,1-2H3. The van der Waals surface area contributed by atoms with Crippen LogP contribution in [-0.2, 0) is 13.0 Å². The molecule has 0 aliphatic rings. The molecule has 2 aromatic rings. The molecule has 3 heteroatoms. The van der Waals surface area contributed by atoms with E-state index in [1.807, 2.05) is 38.1 Å². The topological polar surface area (TPSA) is 59.0 Å². The van der Waals surface area contributed by atoms with Crippen LogP contribution >= 0.6 is 0 Å². The van der Waals surface area contributed by atoms with E-state index in [0.29, 0.717) is 12.2 Å². The van der Waals surface area contributed by atoms with Crippen molar-refractivity contribution in [3.63, 3.8) is 0 Å². The Bertz CT molecular complexity index is 639. The molecule has 0 heterocycles. The molecule has 0 aliphatic heterocycles. The van der Waals surface area contributed by atoms with Crippen molar-refractivity contribution in [3.8, 4) is 11.8 Å². The predicted molar refractivity (Wildman–Crippen MR) is 84.0 cm³/mol. The highest BCUT2D eigenvalue weighted by Gasteiger charge is 2.09. The number of hydrogen-bond acceptors (Lipinski definition) is 3. The van der Waals surface area contributed by atoms with Crippen molar-refractivity contribution in [2.45, 2.75) is 32.9 Å². The van der Waals surface area contributed by atoms with Gasteiger partial charge in [-0.1, -0.05) is 30.3 Å². The van der Waals surface area contributed by atoms with Crippen molar-refractivity contribution in [1.29, 1.82) is 5.26 Å². The number of rotatable bonds is 5.